The SMILES string of the molecule is COc1ccccc1N1CCN([C@@H]2CCCN(S(=O)(=O)c3ccsc3)C2)CC1. The van der Waals surface area contributed by atoms with Crippen LogP contribution < -0.4 is 9.64 Å². The molecule has 1 aromatic carbocycles. The van der Waals surface area contributed by atoms with E-state index in [9.17, 15) is 8.42 Å². The summed E-state index contributed by atoms with van der Waals surface area (Å²) in [4.78, 5) is 5.25. The second-order valence-corrected chi connectivity index (χ2v) is 10.0. The molecule has 1 atom stereocenters. The van der Waals surface area contributed by atoms with E-state index in [0.29, 0.717) is 24.0 Å². The average Bonchev–Trinajstić information content (AvgIpc) is 3.30. The van der Waals surface area contributed by atoms with Crippen LogP contribution in [0.5, 0.6) is 5.75 Å². The van der Waals surface area contributed by atoms with E-state index < -0.39 is 10.0 Å². The molecule has 0 amide bonds. The van der Waals surface area contributed by atoms with Gasteiger partial charge in [0.05, 0.1) is 17.7 Å². The maximum atomic E-state index is 12.9. The van der Waals surface area contributed by atoms with Gasteiger partial charge in [0.2, 0.25) is 10.0 Å². The van der Waals surface area contributed by atoms with Gasteiger partial charge in [0.15, 0.2) is 0 Å². The Morgan fingerprint density at radius 1 is 1.07 bits per heavy atom. The highest BCUT2D eigenvalue weighted by atomic mass is 32.2. The van der Waals surface area contributed by atoms with Gasteiger partial charge in [0.25, 0.3) is 0 Å². The molecule has 0 bridgehead atoms. The Bertz CT molecular complexity index is 878. The van der Waals surface area contributed by atoms with E-state index in [1.54, 1.807) is 22.9 Å². The van der Waals surface area contributed by atoms with Crippen LogP contribution in [0.15, 0.2) is 46.0 Å². The van der Waals surface area contributed by atoms with Gasteiger partial charge in [0.1, 0.15) is 5.75 Å². The molecule has 2 aromatic rings. The van der Waals surface area contributed by atoms with Crippen LogP contribution in [0.25, 0.3) is 0 Å². The topological polar surface area (TPSA) is 53.1 Å². The van der Waals surface area contributed by atoms with Crippen LogP contribution in [0.4, 0.5) is 5.69 Å². The van der Waals surface area contributed by atoms with Crippen LogP contribution >= 0.6 is 11.3 Å². The first-order valence-corrected chi connectivity index (χ1v) is 12.1. The first-order chi connectivity index (χ1) is 13.6. The molecule has 0 unspecified atom stereocenters. The standard InChI is InChI=1S/C20H27N3O3S2/c1-26-20-7-3-2-6-19(20)22-12-10-21(11-13-22)17-5-4-9-23(15-17)28(24,25)18-8-14-27-16-18/h2-3,6-8,14,16-17H,4-5,9-13,15H2,1H3/t17-/m1/s1. The molecule has 1 aromatic heterocycles. The maximum absolute atomic E-state index is 12.9. The van der Waals surface area contributed by atoms with Crippen LogP contribution in [-0.2, 0) is 10.0 Å². The molecule has 2 saturated heterocycles. The number of piperidine rings is 1. The number of nitrogens with zero attached hydrogens (tertiary/aromatic N) is 3. The summed E-state index contributed by atoms with van der Waals surface area (Å²) in [5, 5.41) is 3.55. The zero-order chi connectivity index (χ0) is 19.6. The molecule has 0 N–H and O–H groups in total. The number of hydrogen-bond acceptors (Lipinski definition) is 6. The smallest absolute Gasteiger partial charge is 0.243 e. The summed E-state index contributed by atoms with van der Waals surface area (Å²) < 4.78 is 32.9. The molecular weight excluding hydrogens is 394 g/mol. The Morgan fingerprint density at radius 3 is 2.57 bits per heavy atom. The summed E-state index contributed by atoms with van der Waals surface area (Å²) in [5.74, 6) is 0.904. The zero-order valence-electron chi connectivity index (χ0n) is 16.2. The summed E-state index contributed by atoms with van der Waals surface area (Å²) in [7, 11) is -1.65. The van der Waals surface area contributed by atoms with Crippen LogP contribution in [-0.4, -0.2) is 70.0 Å². The molecule has 4 rings (SSSR count). The van der Waals surface area contributed by atoms with E-state index in [1.807, 2.05) is 23.6 Å². The molecule has 2 fully saturated rings. The summed E-state index contributed by atoms with van der Waals surface area (Å²) in [5.41, 5.74) is 1.13. The highest BCUT2D eigenvalue weighted by Crippen LogP contribution is 2.30. The molecule has 2 aliphatic heterocycles. The lowest BCUT2D eigenvalue weighted by molar-refractivity contribution is 0.128. The number of piperazine rings is 1. The number of benzene rings is 1. The van der Waals surface area contributed by atoms with Gasteiger partial charge in [-0.1, -0.05) is 12.1 Å². The van der Waals surface area contributed by atoms with Crippen molar-refractivity contribution in [2.45, 2.75) is 23.8 Å². The molecule has 28 heavy (non-hydrogen) atoms. The second-order valence-electron chi connectivity index (χ2n) is 7.31. The van der Waals surface area contributed by atoms with Gasteiger partial charge >= 0.3 is 0 Å². The number of rotatable bonds is 5. The number of para-hydroxylation sites is 2. The minimum absolute atomic E-state index is 0.293. The van der Waals surface area contributed by atoms with E-state index in [1.165, 1.54) is 11.3 Å². The fraction of sp³-hybridized carbons (Fsp3) is 0.500. The first-order valence-electron chi connectivity index (χ1n) is 9.74. The number of anilines is 1. The summed E-state index contributed by atoms with van der Waals surface area (Å²) >= 11 is 1.43. The molecule has 0 aliphatic carbocycles. The van der Waals surface area contributed by atoms with Crippen molar-refractivity contribution in [2.75, 3.05) is 51.3 Å². The van der Waals surface area contributed by atoms with Gasteiger partial charge < -0.3 is 9.64 Å². The Hall–Kier alpha value is -1.61. The van der Waals surface area contributed by atoms with E-state index in [2.05, 4.69) is 15.9 Å². The van der Waals surface area contributed by atoms with Gasteiger partial charge in [0, 0.05) is 50.7 Å². The highest BCUT2D eigenvalue weighted by molar-refractivity contribution is 7.89. The zero-order valence-corrected chi connectivity index (χ0v) is 17.8. The van der Waals surface area contributed by atoms with E-state index in [0.717, 1.165) is 50.5 Å². The van der Waals surface area contributed by atoms with Crippen molar-refractivity contribution in [2.24, 2.45) is 0 Å². The van der Waals surface area contributed by atoms with Crippen molar-refractivity contribution in [3.8, 4) is 5.75 Å². The Morgan fingerprint density at radius 2 is 1.86 bits per heavy atom. The molecule has 0 spiro atoms. The summed E-state index contributed by atoms with van der Waals surface area (Å²) in [6.07, 6.45) is 1.98. The molecule has 0 saturated carbocycles. The van der Waals surface area contributed by atoms with Gasteiger partial charge in [-0.25, -0.2) is 8.42 Å². The van der Waals surface area contributed by atoms with E-state index >= 15 is 0 Å². The highest BCUT2D eigenvalue weighted by Gasteiger charge is 2.34. The Kier molecular flexibility index (Phi) is 5.91. The normalized spacial score (nSPS) is 22.3. The number of methoxy groups -OCH3 is 1. The number of thiophene rings is 1. The largest absolute Gasteiger partial charge is 0.495 e. The van der Waals surface area contributed by atoms with Gasteiger partial charge in [-0.05, 0) is 36.4 Å². The van der Waals surface area contributed by atoms with Gasteiger partial charge in [-0.2, -0.15) is 15.6 Å². The lowest BCUT2D eigenvalue weighted by Crippen LogP contribution is -2.55. The Labute approximate surface area is 171 Å². The second kappa shape index (κ2) is 8.41. The maximum Gasteiger partial charge on any atom is 0.243 e. The summed E-state index contributed by atoms with van der Waals surface area (Å²) in [6, 6.07) is 10.1. The van der Waals surface area contributed by atoms with Crippen molar-refractivity contribution >= 4 is 27.0 Å². The third-order valence-electron chi connectivity index (χ3n) is 5.75. The fourth-order valence-corrected chi connectivity index (χ4v) is 6.74. The lowest BCUT2D eigenvalue weighted by atomic mass is 10.0. The van der Waals surface area contributed by atoms with Crippen molar-refractivity contribution in [3.05, 3.63) is 41.1 Å². The monoisotopic (exact) mass is 421 g/mol. The first kappa shape index (κ1) is 19.7. The minimum Gasteiger partial charge on any atom is -0.495 e. The summed E-state index contributed by atoms with van der Waals surface area (Å²) in [6.45, 7) is 4.94. The number of sulfonamides is 1. The van der Waals surface area contributed by atoms with Crippen molar-refractivity contribution in [1.29, 1.82) is 0 Å². The minimum atomic E-state index is -3.36. The molecular formula is C20H27N3O3S2. The molecule has 8 heteroatoms. The van der Waals surface area contributed by atoms with Gasteiger partial charge in [-0.15, -0.1) is 0 Å². The molecule has 6 nitrogen and oxygen atoms in total. The van der Waals surface area contributed by atoms with E-state index in [-0.39, 0.29) is 0 Å². The molecule has 3 heterocycles. The fourth-order valence-electron chi connectivity index (χ4n) is 4.20. The molecule has 2 aliphatic rings. The molecule has 0 radical (unpaired) electrons. The predicted molar refractivity (Wildman–Crippen MR) is 113 cm³/mol. The van der Waals surface area contributed by atoms with Crippen LogP contribution in [0.1, 0.15) is 12.8 Å². The third-order valence-corrected chi connectivity index (χ3v) is 8.44. The van der Waals surface area contributed by atoms with Crippen LogP contribution in [0.3, 0.4) is 0 Å². The molecule has 152 valence electrons. The average molecular weight is 422 g/mol. The third kappa shape index (κ3) is 3.91. The van der Waals surface area contributed by atoms with Crippen molar-refractivity contribution in [3.63, 3.8) is 0 Å². The van der Waals surface area contributed by atoms with Crippen LogP contribution in [0, 0.1) is 0 Å². The van der Waals surface area contributed by atoms with Crippen molar-refractivity contribution in [1.82, 2.24) is 9.21 Å². The number of hydrogen-bond donors (Lipinski definition) is 0. The Balaban J connectivity index is 1.39. The van der Waals surface area contributed by atoms with Gasteiger partial charge in [-0.3, -0.25) is 4.90 Å². The van der Waals surface area contributed by atoms with Crippen molar-refractivity contribution < 1.29 is 13.2 Å². The van der Waals surface area contributed by atoms with Crippen LogP contribution in [0.2, 0.25) is 0 Å². The predicted octanol–water partition coefficient (Wildman–Crippen LogP) is 2.73. The number of ether oxygens (including phenoxy) is 1. The quantitative estimate of drug-likeness (QED) is 0.743. The lowest BCUT2D eigenvalue weighted by Gasteiger charge is -2.43. The van der Waals surface area contributed by atoms with E-state index in [4.69, 9.17) is 4.74 Å².